The number of hydrogen-bond acceptors (Lipinski definition) is 3. The summed E-state index contributed by atoms with van der Waals surface area (Å²) < 4.78 is 13.7. The molecule has 0 spiro atoms. The monoisotopic (exact) mass is 423 g/mol. The Morgan fingerprint density at radius 2 is 1.75 bits per heavy atom. The van der Waals surface area contributed by atoms with Crippen molar-refractivity contribution in [2.24, 2.45) is 0 Å². The zero-order valence-electron chi connectivity index (χ0n) is 15.1. The number of anilines is 1. The molecule has 28 heavy (non-hydrogen) atoms. The van der Waals surface area contributed by atoms with Crippen LogP contribution in [-0.4, -0.2) is 54.3 Å². The molecule has 8 heteroatoms. The van der Waals surface area contributed by atoms with Crippen LogP contribution in [0.15, 0.2) is 42.5 Å². The lowest BCUT2D eigenvalue weighted by molar-refractivity contribution is -0.132. The van der Waals surface area contributed by atoms with Gasteiger partial charge in [0, 0.05) is 36.2 Å². The average Bonchev–Trinajstić information content (AvgIpc) is 2.67. The second-order valence-corrected chi connectivity index (χ2v) is 7.44. The van der Waals surface area contributed by atoms with E-state index >= 15 is 0 Å². The van der Waals surface area contributed by atoms with Crippen LogP contribution >= 0.6 is 23.2 Å². The van der Waals surface area contributed by atoms with Crippen LogP contribution in [0.25, 0.3) is 0 Å². The number of amides is 2. The number of rotatable bonds is 5. The molecular formula is C20H20Cl2FN3O2. The molecule has 1 aliphatic heterocycles. The highest BCUT2D eigenvalue weighted by Crippen LogP contribution is 2.20. The summed E-state index contributed by atoms with van der Waals surface area (Å²) in [7, 11) is 0. The first-order valence-electron chi connectivity index (χ1n) is 8.91. The molecule has 0 aliphatic carbocycles. The zero-order chi connectivity index (χ0) is 20.1. The molecule has 3 rings (SSSR count). The number of carbonyl (C=O) groups is 2. The van der Waals surface area contributed by atoms with Gasteiger partial charge in [-0.3, -0.25) is 14.5 Å². The minimum absolute atomic E-state index is 0.0122. The molecule has 1 saturated heterocycles. The molecular weight excluding hydrogens is 404 g/mol. The van der Waals surface area contributed by atoms with E-state index in [4.69, 9.17) is 23.2 Å². The van der Waals surface area contributed by atoms with E-state index in [0.29, 0.717) is 36.2 Å². The lowest BCUT2D eigenvalue weighted by Gasteiger charge is -2.34. The molecule has 0 saturated carbocycles. The summed E-state index contributed by atoms with van der Waals surface area (Å²) in [6.45, 7) is 2.32. The smallest absolute Gasteiger partial charge is 0.238 e. The van der Waals surface area contributed by atoms with Crippen LogP contribution in [0.2, 0.25) is 10.0 Å². The van der Waals surface area contributed by atoms with Gasteiger partial charge in [-0.2, -0.15) is 0 Å². The van der Waals surface area contributed by atoms with E-state index in [0.717, 1.165) is 5.56 Å². The van der Waals surface area contributed by atoms with Crippen molar-refractivity contribution in [2.45, 2.75) is 6.42 Å². The molecule has 0 atom stereocenters. The average molecular weight is 424 g/mol. The molecule has 2 amide bonds. The highest BCUT2D eigenvalue weighted by molar-refractivity contribution is 6.31. The van der Waals surface area contributed by atoms with Crippen molar-refractivity contribution < 1.29 is 14.0 Å². The Labute approximate surface area is 173 Å². The summed E-state index contributed by atoms with van der Waals surface area (Å²) in [4.78, 5) is 28.4. The molecule has 0 bridgehead atoms. The minimum atomic E-state index is -0.535. The summed E-state index contributed by atoms with van der Waals surface area (Å²) in [6.07, 6.45) is 0.258. The minimum Gasteiger partial charge on any atom is -0.340 e. The Balaban J connectivity index is 1.47. The topological polar surface area (TPSA) is 52.7 Å². The predicted octanol–water partition coefficient (Wildman–Crippen LogP) is 3.46. The molecule has 2 aromatic carbocycles. The second-order valence-electron chi connectivity index (χ2n) is 6.60. The van der Waals surface area contributed by atoms with Crippen molar-refractivity contribution in [2.75, 3.05) is 38.0 Å². The zero-order valence-corrected chi connectivity index (χ0v) is 16.6. The standard InChI is InChI=1S/C20H20Cl2FN3O2/c21-15-5-6-17(23)18(12-15)24-19(27)13-25-7-9-26(10-8-25)20(28)11-14-3-1-2-4-16(14)22/h1-6,12H,7-11,13H2,(H,24,27). The van der Waals surface area contributed by atoms with E-state index in [1.54, 1.807) is 11.0 Å². The van der Waals surface area contributed by atoms with E-state index in [2.05, 4.69) is 5.32 Å². The highest BCUT2D eigenvalue weighted by Gasteiger charge is 2.23. The molecule has 148 valence electrons. The molecule has 2 aromatic rings. The third-order valence-corrected chi connectivity index (χ3v) is 5.20. The molecule has 5 nitrogen and oxygen atoms in total. The Bertz CT molecular complexity index is 870. The van der Waals surface area contributed by atoms with Crippen LogP contribution in [0, 0.1) is 5.82 Å². The summed E-state index contributed by atoms with van der Waals surface area (Å²) in [5.41, 5.74) is 0.866. The largest absolute Gasteiger partial charge is 0.340 e. The first kappa shape index (κ1) is 20.6. The molecule has 1 N–H and O–H groups in total. The fraction of sp³-hybridized carbons (Fsp3) is 0.300. The quantitative estimate of drug-likeness (QED) is 0.800. The number of benzene rings is 2. The molecule has 0 aromatic heterocycles. The normalized spacial score (nSPS) is 14.8. The predicted molar refractivity (Wildman–Crippen MR) is 108 cm³/mol. The van der Waals surface area contributed by atoms with Gasteiger partial charge in [0.1, 0.15) is 5.82 Å². The number of hydrogen-bond donors (Lipinski definition) is 1. The summed E-state index contributed by atoms with van der Waals surface area (Å²) in [5, 5.41) is 3.47. The van der Waals surface area contributed by atoms with Crippen LogP contribution < -0.4 is 5.32 Å². The van der Waals surface area contributed by atoms with Crippen LogP contribution in [0.1, 0.15) is 5.56 Å². The summed E-state index contributed by atoms with van der Waals surface area (Å²) in [6, 6.07) is 11.3. The maximum atomic E-state index is 13.7. The van der Waals surface area contributed by atoms with Gasteiger partial charge in [0.15, 0.2) is 0 Å². The summed E-state index contributed by atoms with van der Waals surface area (Å²) >= 11 is 11.9. The number of nitrogens with zero attached hydrogens (tertiary/aromatic N) is 2. The maximum Gasteiger partial charge on any atom is 0.238 e. The van der Waals surface area contributed by atoms with Crippen LogP contribution in [0.5, 0.6) is 0 Å². The number of nitrogens with one attached hydrogen (secondary N) is 1. The number of carbonyl (C=O) groups excluding carboxylic acids is 2. The SMILES string of the molecule is O=C(CN1CCN(C(=O)Cc2ccccc2Cl)CC1)Nc1cc(Cl)ccc1F. The van der Waals surface area contributed by atoms with Crippen molar-refractivity contribution >= 4 is 40.7 Å². The van der Waals surface area contributed by atoms with Gasteiger partial charge in [0.25, 0.3) is 0 Å². The van der Waals surface area contributed by atoms with Crippen molar-refractivity contribution in [3.63, 3.8) is 0 Å². The molecule has 1 aliphatic rings. The second kappa shape index (κ2) is 9.37. The fourth-order valence-electron chi connectivity index (χ4n) is 3.06. The lowest BCUT2D eigenvalue weighted by atomic mass is 10.1. The molecule has 1 heterocycles. The van der Waals surface area contributed by atoms with E-state index in [-0.39, 0.29) is 30.5 Å². The first-order chi connectivity index (χ1) is 13.4. The Morgan fingerprint density at radius 3 is 2.46 bits per heavy atom. The lowest BCUT2D eigenvalue weighted by Crippen LogP contribution is -2.50. The maximum absolute atomic E-state index is 13.7. The van der Waals surface area contributed by atoms with Gasteiger partial charge in [-0.05, 0) is 29.8 Å². The van der Waals surface area contributed by atoms with Crippen molar-refractivity contribution in [3.8, 4) is 0 Å². The fourth-order valence-corrected chi connectivity index (χ4v) is 3.43. The third-order valence-electron chi connectivity index (χ3n) is 4.59. The molecule has 0 radical (unpaired) electrons. The number of piperazine rings is 1. The van der Waals surface area contributed by atoms with Crippen molar-refractivity contribution in [1.29, 1.82) is 0 Å². The van der Waals surface area contributed by atoms with Crippen LogP contribution in [-0.2, 0) is 16.0 Å². The first-order valence-corrected chi connectivity index (χ1v) is 9.66. The van der Waals surface area contributed by atoms with E-state index in [9.17, 15) is 14.0 Å². The van der Waals surface area contributed by atoms with Crippen LogP contribution in [0.3, 0.4) is 0 Å². The van der Waals surface area contributed by atoms with E-state index in [1.807, 2.05) is 23.1 Å². The Morgan fingerprint density at radius 1 is 1.04 bits per heavy atom. The van der Waals surface area contributed by atoms with E-state index < -0.39 is 5.82 Å². The van der Waals surface area contributed by atoms with Gasteiger partial charge in [-0.1, -0.05) is 41.4 Å². The van der Waals surface area contributed by atoms with E-state index in [1.165, 1.54) is 18.2 Å². The number of halogens is 3. The van der Waals surface area contributed by atoms with Crippen molar-refractivity contribution in [1.82, 2.24) is 9.80 Å². The highest BCUT2D eigenvalue weighted by atomic mass is 35.5. The third kappa shape index (κ3) is 5.44. The molecule has 1 fully saturated rings. The summed E-state index contributed by atoms with van der Waals surface area (Å²) in [5.74, 6) is -0.844. The van der Waals surface area contributed by atoms with Gasteiger partial charge < -0.3 is 10.2 Å². The van der Waals surface area contributed by atoms with Gasteiger partial charge in [-0.15, -0.1) is 0 Å². The Kier molecular flexibility index (Phi) is 6.88. The Hall–Kier alpha value is -2.15. The van der Waals surface area contributed by atoms with Gasteiger partial charge in [0.05, 0.1) is 18.7 Å². The molecule has 0 unspecified atom stereocenters. The van der Waals surface area contributed by atoms with Gasteiger partial charge in [0.2, 0.25) is 11.8 Å². The van der Waals surface area contributed by atoms with Gasteiger partial charge in [-0.25, -0.2) is 4.39 Å². The van der Waals surface area contributed by atoms with Gasteiger partial charge >= 0.3 is 0 Å². The van der Waals surface area contributed by atoms with Crippen LogP contribution in [0.4, 0.5) is 10.1 Å². The van der Waals surface area contributed by atoms with Crippen molar-refractivity contribution in [3.05, 3.63) is 63.9 Å².